The van der Waals surface area contributed by atoms with Crippen LogP contribution in [0.15, 0.2) is 12.1 Å². The SMILES string of the molecule is CCCC1CCC(CCC2CCC(C3Cc4ccc(C)c(F)c4OC3=O)CC2)CC1. The molecule has 2 fully saturated rings. The third kappa shape index (κ3) is 4.92. The van der Waals surface area contributed by atoms with Crippen molar-refractivity contribution in [1.29, 1.82) is 0 Å². The van der Waals surface area contributed by atoms with E-state index in [9.17, 15) is 9.18 Å². The number of ether oxygens (including phenoxy) is 1. The van der Waals surface area contributed by atoms with Gasteiger partial charge in [-0.05, 0) is 61.0 Å². The number of aryl methyl sites for hydroxylation is 1. The molecule has 1 heterocycles. The van der Waals surface area contributed by atoms with E-state index in [1.165, 1.54) is 64.2 Å². The third-order valence-corrected chi connectivity index (χ3v) is 8.42. The number of carbonyl (C=O) groups is 1. The minimum Gasteiger partial charge on any atom is -0.423 e. The fourth-order valence-electron chi connectivity index (χ4n) is 6.39. The highest BCUT2D eigenvalue weighted by molar-refractivity contribution is 5.78. The highest BCUT2D eigenvalue weighted by atomic mass is 19.1. The number of fused-ring (bicyclic) bond motifs is 1. The first-order chi connectivity index (χ1) is 14.5. The highest BCUT2D eigenvalue weighted by Crippen LogP contribution is 2.42. The van der Waals surface area contributed by atoms with Gasteiger partial charge in [0.2, 0.25) is 0 Å². The van der Waals surface area contributed by atoms with E-state index in [1.807, 2.05) is 6.07 Å². The quantitative estimate of drug-likeness (QED) is 0.358. The molecule has 166 valence electrons. The number of carbonyl (C=O) groups excluding carboxylic acids is 1. The van der Waals surface area contributed by atoms with Crippen LogP contribution >= 0.6 is 0 Å². The average molecular weight is 415 g/mol. The number of esters is 1. The number of hydrogen-bond donors (Lipinski definition) is 0. The molecule has 1 aromatic rings. The highest BCUT2D eigenvalue weighted by Gasteiger charge is 2.38. The Labute approximate surface area is 182 Å². The molecule has 4 rings (SSSR count). The second kappa shape index (κ2) is 9.83. The van der Waals surface area contributed by atoms with Crippen molar-refractivity contribution in [3.05, 3.63) is 29.1 Å². The first kappa shape index (κ1) is 21.8. The van der Waals surface area contributed by atoms with Gasteiger partial charge >= 0.3 is 5.97 Å². The molecular weight excluding hydrogens is 375 g/mol. The average Bonchev–Trinajstić information content (AvgIpc) is 2.77. The molecular formula is C27H39FO2. The van der Waals surface area contributed by atoms with E-state index in [1.54, 1.807) is 13.0 Å². The molecule has 2 saturated carbocycles. The Morgan fingerprint density at radius 1 is 0.900 bits per heavy atom. The maximum absolute atomic E-state index is 14.3. The Balaban J connectivity index is 1.23. The summed E-state index contributed by atoms with van der Waals surface area (Å²) in [7, 11) is 0. The van der Waals surface area contributed by atoms with Crippen LogP contribution in [0.5, 0.6) is 5.75 Å². The predicted molar refractivity (Wildman–Crippen MR) is 119 cm³/mol. The monoisotopic (exact) mass is 414 g/mol. The van der Waals surface area contributed by atoms with Gasteiger partial charge in [0, 0.05) is 0 Å². The maximum atomic E-state index is 14.3. The Bertz CT molecular complexity index is 727. The molecule has 3 heteroatoms. The van der Waals surface area contributed by atoms with Crippen molar-refractivity contribution in [2.75, 3.05) is 0 Å². The minimum absolute atomic E-state index is 0.0885. The largest absolute Gasteiger partial charge is 0.423 e. The number of hydrogen-bond acceptors (Lipinski definition) is 2. The second-order valence-electron chi connectivity index (χ2n) is 10.4. The van der Waals surface area contributed by atoms with E-state index in [0.717, 1.165) is 36.2 Å². The van der Waals surface area contributed by atoms with Crippen molar-refractivity contribution in [3.63, 3.8) is 0 Å². The van der Waals surface area contributed by atoms with Crippen molar-refractivity contribution >= 4 is 5.97 Å². The minimum atomic E-state index is -0.369. The maximum Gasteiger partial charge on any atom is 0.315 e. The van der Waals surface area contributed by atoms with E-state index in [2.05, 4.69) is 6.92 Å². The van der Waals surface area contributed by atoms with Gasteiger partial charge in [-0.15, -0.1) is 0 Å². The molecule has 0 N–H and O–H groups in total. The van der Waals surface area contributed by atoms with Crippen molar-refractivity contribution < 1.29 is 13.9 Å². The standard InChI is InChI=1S/C27H39FO2/c1-3-4-19-6-8-20(9-7-19)10-11-21-12-15-22(16-13-21)24-17-23-14-5-18(2)25(28)26(23)30-27(24)29/h5,14,19-22,24H,3-4,6-13,15-17H2,1-2H3. The molecule has 2 nitrogen and oxygen atoms in total. The van der Waals surface area contributed by atoms with Crippen molar-refractivity contribution in [1.82, 2.24) is 0 Å². The molecule has 2 aliphatic carbocycles. The summed E-state index contributed by atoms with van der Waals surface area (Å²) in [6, 6.07) is 3.74. The Morgan fingerprint density at radius 2 is 1.47 bits per heavy atom. The van der Waals surface area contributed by atoms with Crippen LogP contribution in [0.2, 0.25) is 0 Å². The van der Waals surface area contributed by atoms with E-state index in [-0.39, 0.29) is 23.5 Å². The molecule has 1 atom stereocenters. The van der Waals surface area contributed by atoms with Gasteiger partial charge in [0.1, 0.15) is 0 Å². The molecule has 0 spiro atoms. The van der Waals surface area contributed by atoms with E-state index in [4.69, 9.17) is 4.74 Å². The fourth-order valence-corrected chi connectivity index (χ4v) is 6.39. The van der Waals surface area contributed by atoms with Crippen LogP contribution in [0.25, 0.3) is 0 Å². The predicted octanol–water partition coefficient (Wildman–Crippen LogP) is 7.40. The Morgan fingerprint density at radius 3 is 2.07 bits per heavy atom. The molecule has 0 bridgehead atoms. The van der Waals surface area contributed by atoms with Gasteiger partial charge in [0.25, 0.3) is 0 Å². The molecule has 1 unspecified atom stereocenters. The van der Waals surface area contributed by atoms with Gasteiger partial charge < -0.3 is 4.74 Å². The van der Waals surface area contributed by atoms with Crippen molar-refractivity contribution in [2.24, 2.45) is 29.6 Å². The zero-order valence-corrected chi connectivity index (χ0v) is 18.9. The van der Waals surface area contributed by atoms with Gasteiger partial charge in [0.15, 0.2) is 11.6 Å². The van der Waals surface area contributed by atoms with Crippen LogP contribution in [0.3, 0.4) is 0 Å². The Kier molecular flexibility index (Phi) is 7.16. The number of benzene rings is 1. The summed E-state index contributed by atoms with van der Waals surface area (Å²) in [4.78, 5) is 12.6. The molecule has 1 aliphatic heterocycles. The lowest BCUT2D eigenvalue weighted by Crippen LogP contribution is -2.35. The third-order valence-electron chi connectivity index (χ3n) is 8.42. The molecule has 3 aliphatic rings. The second-order valence-corrected chi connectivity index (χ2v) is 10.4. The smallest absolute Gasteiger partial charge is 0.315 e. The van der Waals surface area contributed by atoms with Crippen LogP contribution in [-0.4, -0.2) is 5.97 Å². The summed E-state index contributed by atoms with van der Waals surface area (Å²) in [6.45, 7) is 4.03. The van der Waals surface area contributed by atoms with Crippen LogP contribution in [-0.2, 0) is 11.2 Å². The Hall–Kier alpha value is -1.38. The summed E-state index contributed by atoms with van der Waals surface area (Å²) >= 11 is 0. The van der Waals surface area contributed by atoms with Crippen LogP contribution in [0, 0.1) is 42.3 Å². The zero-order chi connectivity index (χ0) is 21.1. The lowest BCUT2D eigenvalue weighted by atomic mass is 9.71. The van der Waals surface area contributed by atoms with Crippen LogP contribution < -0.4 is 4.74 Å². The number of halogens is 1. The zero-order valence-electron chi connectivity index (χ0n) is 18.9. The molecule has 1 aromatic carbocycles. The lowest BCUT2D eigenvalue weighted by molar-refractivity contribution is -0.143. The van der Waals surface area contributed by atoms with Crippen LogP contribution in [0.4, 0.5) is 4.39 Å². The van der Waals surface area contributed by atoms with E-state index < -0.39 is 0 Å². The fraction of sp³-hybridized carbons (Fsp3) is 0.741. The van der Waals surface area contributed by atoms with E-state index >= 15 is 0 Å². The first-order valence-electron chi connectivity index (χ1n) is 12.5. The lowest BCUT2D eigenvalue weighted by Gasteiger charge is -2.36. The van der Waals surface area contributed by atoms with Crippen molar-refractivity contribution in [3.8, 4) is 5.75 Å². The summed E-state index contributed by atoms with van der Waals surface area (Å²) in [5.41, 5.74) is 1.41. The van der Waals surface area contributed by atoms with Gasteiger partial charge in [-0.25, -0.2) is 4.39 Å². The molecule has 30 heavy (non-hydrogen) atoms. The first-order valence-corrected chi connectivity index (χ1v) is 12.5. The normalized spacial score (nSPS) is 31.8. The topological polar surface area (TPSA) is 26.3 Å². The van der Waals surface area contributed by atoms with Gasteiger partial charge in [-0.2, -0.15) is 0 Å². The molecule has 0 amide bonds. The van der Waals surface area contributed by atoms with Gasteiger partial charge in [0.05, 0.1) is 5.92 Å². The van der Waals surface area contributed by atoms with E-state index in [0.29, 0.717) is 17.9 Å². The summed E-state index contributed by atoms with van der Waals surface area (Å²) < 4.78 is 19.8. The van der Waals surface area contributed by atoms with Crippen LogP contribution in [0.1, 0.15) is 95.1 Å². The molecule has 0 radical (unpaired) electrons. The van der Waals surface area contributed by atoms with Gasteiger partial charge in [-0.1, -0.05) is 83.3 Å². The van der Waals surface area contributed by atoms with Gasteiger partial charge in [-0.3, -0.25) is 4.79 Å². The summed E-state index contributed by atoms with van der Waals surface area (Å²) in [5, 5.41) is 0. The number of rotatable bonds is 6. The molecule has 0 saturated heterocycles. The summed E-state index contributed by atoms with van der Waals surface area (Å²) in [5.74, 6) is 2.70. The van der Waals surface area contributed by atoms with Crippen molar-refractivity contribution in [2.45, 2.75) is 97.3 Å². The summed E-state index contributed by atoms with van der Waals surface area (Å²) in [6.07, 6.45) is 16.7. The molecule has 0 aromatic heterocycles.